The van der Waals surface area contributed by atoms with Gasteiger partial charge < -0.3 is 0 Å². The van der Waals surface area contributed by atoms with Crippen molar-refractivity contribution in [2.45, 2.75) is 18.4 Å². The first kappa shape index (κ1) is 15.9. The summed E-state index contributed by atoms with van der Waals surface area (Å²) in [5.74, 6) is 1.33. The summed E-state index contributed by atoms with van der Waals surface area (Å²) in [5.41, 5.74) is 2.58. The van der Waals surface area contributed by atoms with Gasteiger partial charge in [-0.15, -0.1) is 11.3 Å². The average Bonchev–Trinajstić information content (AvgIpc) is 2.84. The molecule has 0 N–H and O–H groups in total. The van der Waals surface area contributed by atoms with Gasteiger partial charge in [-0.2, -0.15) is 11.8 Å². The summed E-state index contributed by atoms with van der Waals surface area (Å²) in [7, 11) is 0. The summed E-state index contributed by atoms with van der Waals surface area (Å²) < 4.78 is 1.63. The van der Waals surface area contributed by atoms with Crippen LogP contribution in [0.4, 0.5) is 0 Å². The molecular weight excluding hydrogens is 359 g/mol. The van der Waals surface area contributed by atoms with Crippen molar-refractivity contribution in [1.29, 1.82) is 0 Å². The molecule has 3 rings (SSSR count). The smallest absolute Gasteiger partial charge is 0.258 e. The second-order valence-electron chi connectivity index (χ2n) is 4.77. The lowest BCUT2D eigenvalue weighted by Gasteiger charge is -2.06. The van der Waals surface area contributed by atoms with Gasteiger partial charge in [0.25, 0.3) is 5.56 Å². The van der Waals surface area contributed by atoms with Gasteiger partial charge in [0.15, 0.2) is 4.96 Å². The van der Waals surface area contributed by atoms with Crippen molar-refractivity contribution < 1.29 is 0 Å². The molecular formula is C15H12Cl2N2OS2. The highest BCUT2D eigenvalue weighted by Crippen LogP contribution is 2.29. The Morgan fingerprint density at radius 3 is 2.73 bits per heavy atom. The Labute approximate surface area is 145 Å². The Kier molecular flexibility index (Phi) is 4.78. The van der Waals surface area contributed by atoms with Crippen LogP contribution >= 0.6 is 46.3 Å². The third-order valence-corrected chi connectivity index (χ3v) is 5.83. The van der Waals surface area contributed by atoms with Crippen LogP contribution < -0.4 is 5.56 Å². The van der Waals surface area contributed by atoms with Gasteiger partial charge in [-0.1, -0.05) is 29.3 Å². The first-order chi connectivity index (χ1) is 10.6. The molecule has 7 heteroatoms. The number of hydrogen-bond acceptors (Lipinski definition) is 4. The zero-order chi connectivity index (χ0) is 15.7. The molecule has 0 aliphatic heterocycles. The predicted octanol–water partition coefficient (Wildman–Crippen LogP) is 4.80. The lowest BCUT2D eigenvalue weighted by Crippen LogP contribution is -2.14. The molecule has 2 aromatic heterocycles. The summed E-state index contributed by atoms with van der Waals surface area (Å²) in [6.45, 7) is 1.90. The first-order valence-electron chi connectivity index (χ1n) is 6.53. The van der Waals surface area contributed by atoms with Crippen LogP contribution in [0.2, 0.25) is 10.0 Å². The minimum atomic E-state index is -0.0323. The molecule has 0 unspecified atom stereocenters. The van der Waals surface area contributed by atoms with E-state index in [9.17, 15) is 4.79 Å². The number of fused-ring (bicyclic) bond motifs is 1. The number of halogens is 2. The molecule has 0 spiro atoms. The minimum absolute atomic E-state index is 0.0323. The van der Waals surface area contributed by atoms with Crippen LogP contribution in [0.5, 0.6) is 0 Å². The van der Waals surface area contributed by atoms with Crippen molar-refractivity contribution in [1.82, 2.24) is 9.38 Å². The van der Waals surface area contributed by atoms with E-state index < -0.39 is 0 Å². The van der Waals surface area contributed by atoms with E-state index >= 15 is 0 Å². The van der Waals surface area contributed by atoms with Crippen LogP contribution in [-0.4, -0.2) is 9.38 Å². The fraction of sp³-hybridized carbons (Fsp3) is 0.200. The van der Waals surface area contributed by atoms with Gasteiger partial charge in [0, 0.05) is 38.7 Å². The molecule has 0 aliphatic carbocycles. The quantitative estimate of drug-likeness (QED) is 0.660. The molecule has 0 atom stereocenters. The summed E-state index contributed by atoms with van der Waals surface area (Å²) in [4.78, 5) is 17.4. The van der Waals surface area contributed by atoms with Crippen LogP contribution in [-0.2, 0) is 11.5 Å². The molecule has 2 heterocycles. The molecule has 0 radical (unpaired) electrons. The lowest BCUT2D eigenvalue weighted by atomic mass is 10.2. The highest BCUT2D eigenvalue weighted by molar-refractivity contribution is 7.97. The maximum Gasteiger partial charge on any atom is 0.258 e. The van der Waals surface area contributed by atoms with E-state index in [-0.39, 0.29) is 5.56 Å². The van der Waals surface area contributed by atoms with Crippen molar-refractivity contribution in [2.24, 2.45) is 0 Å². The fourth-order valence-corrected chi connectivity index (χ4v) is 4.66. The highest BCUT2D eigenvalue weighted by Gasteiger charge is 2.08. The molecule has 3 aromatic rings. The Balaban J connectivity index is 1.76. The van der Waals surface area contributed by atoms with Crippen LogP contribution in [0.3, 0.4) is 0 Å². The van der Waals surface area contributed by atoms with E-state index in [1.54, 1.807) is 22.2 Å². The number of aromatic nitrogens is 2. The number of rotatable bonds is 4. The van der Waals surface area contributed by atoms with Crippen molar-refractivity contribution >= 4 is 51.3 Å². The largest absolute Gasteiger partial charge is 0.269 e. The molecule has 0 saturated heterocycles. The zero-order valence-electron chi connectivity index (χ0n) is 11.7. The third-order valence-electron chi connectivity index (χ3n) is 3.19. The standard InChI is InChI=1S/C15H12Cl2N2OS2/c1-9-6-22-15-18-10(5-14(20)19(9)15)7-21-8-11-12(16)3-2-4-13(11)17/h2-6H,7-8H2,1H3. The zero-order valence-corrected chi connectivity index (χ0v) is 14.8. The molecule has 0 saturated carbocycles. The monoisotopic (exact) mass is 370 g/mol. The van der Waals surface area contributed by atoms with Gasteiger partial charge in [0.1, 0.15) is 0 Å². The van der Waals surface area contributed by atoms with Gasteiger partial charge in [-0.05, 0) is 24.6 Å². The van der Waals surface area contributed by atoms with Crippen molar-refractivity contribution in [3.05, 3.63) is 67.0 Å². The van der Waals surface area contributed by atoms with Crippen LogP contribution in [0.15, 0.2) is 34.4 Å². The van der Waals surface area contributed by atoms with Gasteiger partial charge >= 0.3 is 0 Å². The summed E-state index contributed by atoms with van der Waals surface area (Å²) >= 11 is 15.4. The van der Waals surface area contributed by atoms with E-state index in [1.807, 2.05) is 30.5 Å². The molecule has 0 aliphatic rings. The number of hydrogen-bond donors (Lipinski definition) is 0. The van der Waals surface area contributed by atoms with Gasteiger partial charge in [-0.3, -0.25) is 9.20 Å². The fourth-order valence-electron chi connectivity index (χ4n) is 2.10. The molecule has 0 fully saturated rings. The Morgan fingerprint density at radius 2 is 2.00 bits per heavy atom. The van der Waals surface area contributed by atoms with Crippen molar-refractivity contribution in [2.75, 3.05) is 0 Å². The van der Waals surface area contributed by atoms with E-state index in [0.29, 0.717) is 21.6 Å². The average molecular weight is 371 g/mol. The highest BCUT2D eigenvalue weighted by atomic mass is 35.5. The second-order valence-corrected chi connectivity index (χ2v) is 7.41. The van der Waals surface area contributed by atoms with E-state index in [2.05, 4.69) is 4.98 Å². The molecule has 1 aromatic carbocycles. The predicted molar refractivity (Wildman–Crippen MR) is 95.5 cm³/mol. The van der Waals surface area contributed by atoms with E-state index in [4.69, 9.17) is 23.2 Å². The lowest BCUT2D eigenvalue weighted by molar-refractivity contribution is 0.997. The topological polar surface area (TPSA) is 34.4 Å². The Morgan fingerprint density at radius 1 is 1.27 bits per heavy atom. The van der Waals surface area contributed by atoms with Gasteiger partial charge in [0.2, 0.25) is 0 Å². The summed E-state index contributed by atoms with van der Waals surface area (Å²) in [6.07, 6.45) is 0. The number of benzene rings is 1. The maximum absolute atomic E-state index is 12.1. The number of nitrogens with zero attached hydrogens (tertiary/aromatic N) is 2. The van der Waals surface area contributed by atoms with Crippen molar-refractivity contribution in [3.8, 4) is 0 Å². The second kappa shape index (κ2) is 6.62. The normalized spacial score (nSPS) is 11.2. The molecule has 3 nitrogen and oxygen atoms in total. The van der Waals surface area contributed by atoms with Crippen LogP contribution in [0, 0.1) is 6.92 Å². The number of thioether (sulfide) groups is 1. The molecule has 0 amide bonds. The van der Waals surface area contributed by atoms with Crippen molar-refractivity contribution in [3.63, 3.8) is 0 Å². The van der Waals surface area contributed by atoms with Gasteiger partial charge in [-0.25, -0.2) is 4.98 Å². The van der Waals surface area contributed by atoms with Crippen LogP contribution in [0.1, 0.15) is 17.0 Å². The Hall–Kier alpha value is -1.01. The molecule has 22 heavy (non-hydrogen) atoms. The summed E-state index contributed by atoms with van der Waals surface area (Å²) in [6, 6.07) is 7.07. The molecule has 114 valence electrons. The maximum atomic E-state index is 12.1. The minimum Gasteiger partial charge on any atom is -0.269 e. The Bertz CT molecular complexity index is 869. The van der Waals surface area contributed by atoms with Gasteiger partial charge in [0.05, 0.1) is 5.69 Å². The third kappa shape index (κ3) is 3.18. The molecule has 0 bridgehead atoms. The number of aryl methyl sites for hydroxylation is 1. The number of thiazole rings is 1. The van der Waals surface area contributed by atoms with Crippen LogP contribution in [0.25, 0.3) is 4.96 Å². The SMILES string of the molecule is Cc1csc2nc(CSCc3c(Cl)cccc3Cl)cc(=O)n12. The van der Waals surface area contributed by atoms with E-state index in [0.717, 1.165) is 21.9 Å². The van der Waals surface area contributed by atoms with E-state index in [1.165, 1.54) is 11.3 Å². The first-order valence-corrected chi connectivity index (χ1v) is 9.32. The summed E-state index contributed by atoms with van der Waals surface area (Å²) in [5, 5.41) is 3.26.